The topological polar surface area (TPSA) is 80.1 Å². The highest BCUT2D eigenvalue weighted by Crippen LogP contribution is 2.38. The number of rotatable bonds is 4. The summed E-state index contributed by atoms with van der Waals surface area (Å²) in [7, 11) is 1.41. The molecule has 1 aromatic rings. The van der Waals surface area contributed by atoms with Crippen LogP contribution in [-0.2, 0) is 15.9 Å². The summed E-state index contributed by atoms with van der Waals surface area (Å²) in [6.45, 7) is 7.40. The molecule has 1 aromatic carbocycles. The third kappa shape index (κ3) is 3.82. The molecule has 2 heterocycles. The predicted octanol–water partition coefficient (Wildman–Crippen LogP) is 1.92. The van der Waals surface area contributed by atoms with Crippen molar-refractivity contribution >= 4 is 23.2 Å². The molecule has 1 fully saturated rings. The van der Waals surface area contributed by atoms with Gasteiger partial charge in [0.2, 0.25) is 0 Å². The van der Waals surface area contributed by atoms with Crippen LogP contribution in [0.1, 0.15) is 18.9 Å². The first-order valence-electron chi connectivity index (χ1n) is 8.94. The van der Waals surface area contributed by atoms with Crippen molar-refractivity contribution in [2.45, 2.75) is 25.8 Å². The van der Waals surface area contributed by atoms with Gasteiger partial charge in [0.15, 0.2) is 0 Å². The lowest BCUT2D eigenvalue weighted by atomic mass is 9.95. The number of nitrogens with two attached hydrogens (primary N) is 1. The summed E-state index contributed by atoms with van der Waals surface area (Å²) in [6.07, 6.45) is 1.42. The number of methoxy groups -OCH3 is 1. The molecule has 2 aliphatic heterocycles. The van der Waals surface area contributed by atoms with E-state index >= 15 is 0 Å². The van der Waals surface area contributed by atoms with E-state index in [1.165, 1.54) is 7.11 Å². The lowest BCUT2D eigenvalue weighted by molar-refractivity contribution is 0.0398. The molecule has 0 aromatic heterocycles. The zero-order valence-corrected chi connectivity index (χ0v) is 15.1. The monoisotopic (exact) mass is 348 g/mol. The maximum Gasteiger partial charge on any atom is 0.414 e. The van der Waals surface area contributed by atoms with Crippen LogP contribution in [0.3, 0.4) is 0 Å². The van der Waals surface area contributed by atoms with Crippen molar-refractivity contribution in [3.63, 3.8) is 0 Å². The van der Waals surface area contributed by atoms with E-state index in [-0.39, 0.29) is 12.1 Å². The fourth-order valence-corrected chi connectivity index (χ4v) is 3.57. The zero-order chi connectivity index (χ0) is 17.8. The highest BCUT2D eigenvalue weighted by molar-refractivity contribution is 5.93. The van der Waals surface area contributed by atoms with Crippen LogP contribution >= 0.6 is 0 Å². The van der Waals surface area contributed by atoms with Crippen LogP contribution in [0.2, 0.25) is 0 Å². The normalized spacial score (nSPS) is 20.9. The Morgan fingerprint density at radius 2 is 2.16 bits per heavy atom. The summed E-state index contributed by atoms with van der Waals surface area (Å²) in [6, 6.07) is 4.04. The number of nitrogen functional groups attached to an aromatic ring is 1. The fourth-order valence-electron chi connectivity index (χ4n) is 3.57. The van der Waals surface area contributed by atoms with Gasteiger partial charge in [-0.1, -0.05) is 0 Å². The molecule has 0 radical (unpaired) electrons. The fraction of sp³-hybridized carbons (Fsp3) is 0.611. The van der Waals surface area contributed by atoms with E-state index in [1.807, 2.05) is 19.1 Å². The molecule has 3 N–H and O–H groups in total. The van der Waals surface area contributed by atoms with Crippen molar-refractivity contribution in [3.05, 3.63) is 17.7 Å². The molecular weight excluding hydrogens is 320 g/mol. The summed E-state index contributed by atoms with van der Waals surface area (Å²) in [5.74, 6) is 0. The van der Waals surface area contributed by atoms with Crippen molar-refractivity contribution in [3.8, 4) is 0 Å². The van der Waals surface area contributed by atoms with Crippen LogP contribution in [0, 0.1) is 0 Å². The Morgan fingerprint density at radius 3 is 2.88 bits per heavy atom. The van der Waals surface area contributed by atoms with Gasteiger partial charge < -0.3 is 20.5 Å². The molecule has 0 unspecified atom stereocenters. The Kier molecular flexibility index (Phi) is 5.65. The molecule has 1 atom stereocenters. The summed E-state index contributed by atoms with van der Waals surface area (Å²) in [5, 5.41) is 3.44. The molecule has 1 amide bonds. The molecule has 7 heteroatoms. The van der Waals surface area contributed by atoms with E-state index in [1.54, 1.807) is 4.90 Å². The van der Waals surface area contributed by atoms with Gasteiger partial charge in [-0.15, -0.1) is 0 Å². The summed E-state index contributed by atoms with van der Waals surface area (Å²) in [4.78, 5) is 16.2. The first kappa shape index (κ1) is 17.8. The predicted molar refractivity (Wildman–Crippen MR) is 99.3 cm³/mol. The number of carbonyl (C=O) groups is 1. The van der Waals surface area contributed by atoms with Crippen molar-refractivity contribution in [1.82, 2.24) is 4.90 Å². The molecule has 3 rings (SSSR count). The van der Waals surface area contributed by atoms with Crippen molar-refractivity contribution in [1.29, 1.82) is 0 Å². The quantitative estimate of drug-likeness (QED) is 0.809. The maximum absolute atomic E-state index is 12.1. The number of hydrogen-bond donors (Lipinski definition) is 2. The van der Waals surface area contributed by atoms with Gasteiger partial charge in [-0.2, -0.15) is 0 Å². The van der Waals surface area contributed by atoms with Crippen LogP contribution < -0.4 is 16.0 Å². The van der Waals surface area contributed by atoms with Gasteiger partial charge in [-0.05, 0) is 31.9 Å². The van der Waals surface area contributed by atoms with Crippen molar-refractivity contribution in [2.75, 3.05) is 62.5 Å². The number of nitrogens with one attached hydrogen (secondary N) is 1. The Hall–Kier alpha value is -1.99. The van der Waals surface area contributed by atoms with Crippen LogP contribution in [0.15, 0.2) is 12.1 Å². The first-order valence-corrected chi connectivity index (χ1v) is 8.94. The third-order valence-corrected chi connectivity index (χ3v) is 5.06. The SMILES string of the molecule is COC(=O)N1c2ccc(NCCN3CCOCC3)c(N)c2CC[C@@H]1C. The number of nitrogens with zero attached hydrogens (tertiary/aromatic N) is 2. The van der Waals surface area contributed by atoms with E-state index in [0.717, 1.165) is 74.9 Å². The molecule has 0 saturated carbocycles. The summed E-state index contributed by atoms with van der Waals surface area (Å²) >= 11 is 0. The van der Waals surface area contributed by atoms with Crippen LogP contribution in [0.5, 0.6) is 0 Å². The molecule has 0 bridgehead atoms. The van der Waals surface area contributed by atoms with Gasteiger partial charge in [-0.3, -0.25) is 9.80 Å². The minimum Gasteiger partial charge on any atom is -0.452 e. The smallest absolute Gasteiger partial charge is 0.414 e. The van der Waals surface area contributed by atoms with Gasteiger partial charge in [0.1, 0.15) is 0 Å². The summed E-state index contributed by atoms with van der Waals surface area (Å²) in [5.41, 5.74) is 9.96. The van der Waals surface area contributed by atoms with Crippen LogP contribution in [0.25, 0.3) is 0 Å². The number of amides is 1. The molecule has 25 heavy (non-hydrogen) atoms. The van der Waals surface area contributed by atoms with E-state index in [9.17, 15) is 4.79 Å². The number of carbonyl (C=O) groups excluding carboxylic acids is 1. The highest BCUT2D eigenvalue weighted by atomic mass is 16.5. The minimum atomic E-state index is -0.333. The molecule has 1 saturated heterocycles. The molecular formula is C18H28N4O3. The Labute approximate surface area is 149 Å². The van der Waals surface area contributed by atoms with Gasteiger partial charge >= 0.3 is 6.09 Å². The number of hydrogen-bond acceptors (Lipinski definition) is 6. The minimum absolute atomic E-state index is 0.111. The Bertz CT molecular complexity index is 617. The van der Waals surface area contributed by atoms with Gasteiger partial charge in [-0.25, -0.2) is 4.79 Å². The van der Waals surface area contributed by atoms with E-state index in [2.05, 4.69) is 10.2 Å². The second kappa shape index (κ2) is 7.93. The zero-order valence-electron chi connectivity index (χ0n) is 15.1. The largest absolute Gasteiger partial charge is 0.452 e. The lowest BCUT2D eigenvalue weighted by Gasteiger charge is -2.35. The lowest BCUT2D eigenvalue weighted by Crippen LogP contribution is -2.42. The summed E-state index contributed by atoms with van der Waals surface area (Å²) < 4.78 is 10.3. The average molecular weight is 348 g/mol. The van der Waals surface area contributed by atoms with Gasteiger partial charge in [0.25, 0.3) is 0 Å². The molecule has 7 nitrogen and oxygen atoms in total. The van der Waals surface area contributed by atoms with Crippen molar-refractivity contribution < 1.29 is 14.3 Å². The van der Waals surface area contributed by atoms with Gasteiger partial charge in [0, 0.05) is 37.8 Å². The number of anilines is 3. The van der Waals surface area contributed by atoms with E-state index < -0.39 is 0 Å². The Morgan fingerprint density at radius 1 is 1.40 bits per heavy atom. The number of ether oxygens (including phenoxy) is 2. The maximum atomic E-state index is 12.1. The molecule has 138 valence electrons. The van der Waals surface area contributed by atoms with E-state index in [4.69, 9.17) is 15.2 Å². The molecule has 0 aliphatic carbocycles. The number of fused-ring (bicyclic) bond motifs is 1. The second-order valence-electron chi connectivity index (χ2n) is 6.63. The van der Waals surface area contributed by atoms with Crippen molar-refractivity contribution in [2.24, 2.45) is 0 Å². The first-order chi connectivity index (χ1) is 12.1. The van der Waals surface area contributed by atoms with Gasteiger partial charge in [0.05, 0.1) is 37.4 Å². The second-order valence-corrected chi connectivity index (χ2v) is 6.63. The van der Waals surface area contributed by atoms with Crippen LogP contribution in [0.4, 0.5) is 21.9 Å². The Balaban J connectivity index is 1.70. The molecule has 0 spiro atoms. The van der Waals surface area contributed by atoms with E-state index in [0.29, 0.717) is 0 Å². The number of morpholine rings is 1. The third-order valence-electron chi connectivity index (χ3n) is 5.06. The number of benzene rings is 1. The molecule has 2 aliphatic rings. The average Bonchev–Trinajstić information content (AvgIpc) is 2.64. The highest BCUT2D eigenvalue weighted by Gasteiger charge is 2.30. The van der Waals surface area contributed by atoms with Crippen LogP contribution in [-0.4, -0.2) is 63.5 Å². The standard InChI is InChI=1S/C18H28N4O3/c1-13-3-4-14-16(22(13)18(23)24-2)6-5-15(17(14)19)20-7-8-21-9-11-25-12-10-21/h5-6,13,20H,3-4,7-12,19H2,1-2H3/t13-/m0/s1.